The number of hydrogen-bond donors (Lipinski definition) is 1. The van der Waals surface area contributed by atoms with Gasteiger partial charge in [-0.3, -0.25) is 0 Å². The van der Waals surface area contributed by atoms with Crippen LogP contribution in [0.1, 0.15) is 24.5 Å². The minimum absolute atomic E-state index is 0.329. The molecule has 0 aliphatic carbocycles. The third-order valence-electron chi connectivity index (χ3n) is 2.99. The van der Waals surface area contributed by atoms with Crippen molar-refractivity contribution in [1.82, 2.24) is 5.32 Å². The second-order valence-corrected chi connectivity index (χ2v) is 4.60. The van der Waals surface area contributed by atoms with Gasteiger partial charge >= 0.3 is 0 Å². The van der Waals surface area contributed by atoms with Gasteiger partial charge < -0.3 is 14.8 Å². The Bertz CT molecular complexity index is 365. The predicted molar refractivity (Wildman–Crippen MR) is 68.4 cm³/mol. The first kappa shape index (κ1) is 12.4. The summed E-state index contributed by atoms with van der Waals surface area (Å²) in [6.07, 6.45) is 2.42. The van der Waals surface area contributed by atoms with Gasteiger partial charge in [-0.2, -0.15) is 0 Å². The highest BCUT2D eigenvalue weighted by Crippen LogP contribution is 2.29. The van der Waals surface area contributed by atoms with Crippen LogP contribution in [0.15, 0.2) is 18.2 Å². The average molecular weight is 235 g/mol. The Labute approximate surface area is 103 Å². The number of ether oxygens (including phenoxy) is 2. The predicted octanol–water partition coefficient (Wildman–Crippen LogP) is 2.14. The van der Waals surface area contributed by atoms with Gasteiger partial charge in [0.2, 0.25) is 0 Å². The molecule has 0 saturated carbocycles. The smallest absolute Gasteiger partial charge is 0.123 e. The topological polar surface area (TPSA) is 30.5 Å². The van der Waals surface area contributed by atoms with Gasteiger partial charge in [0.1, 0.15) is 11.9 Å². The van der Waals surface area contributed by atoms with Crippen molar-refractivity contribution >= 4 is 0 Å². The minimum atomic E-state index is 0.329. The maximum atomic E-state index is 5.68. The molecule has 0 amide bonds. The van der Waals surface area contributed by atoms with Crippen LogP contribution in [0, 0.1) is 0 Å². The average Bonchev–Trinajstić information content (AvgIpc) is 2.68. The molecule has 0 spiro atoms. The van der Waals surface area contributed by atoms with Crippen LogP contribution in [0.3, 0.4) is 0 Å². The molecular formula is C14H21NO2. The molecule has 0 radical (unpaired) electrons. The molecule has 2 rings (SSSR count). The van der Waals surface area contributed by atoms with E-state index < -0.39 is 0 Å². The molecule has 0 aromatic heterocycles. The summed E-state index contributed by atoms with van der Waals surface area (Å²) < 4.78 is 10.7. The Balaban J connectivity index is 1.80. The standard InChI is InChI=1S/C14H21NO2/c1-11-8-13-9-12(4-5-14(13)17-11)10-15-6-3-7-16-2/h4-5,9,11,15H,3,6-8,10H2,1-2H3/t11-/m0/s1. The summed E-state index contributed by atoms with van der Waals surface area (Å²) in [6, 6.07) is 6.48. The Hall–Kier alpha value is -1.06. The summed E-state index contributed by atoms with van der Waals surface area (Å²) in [5.74, 6) is 1.06. The summed E-state index contributed by atoms with van der Waals surface area (Å²) in [7, 11) is 1.74. The van der Waals surface area contributed by atoms with Gasteiger partial charge in [-0.05, 0) is 37.1 Å². The first-order valence-corrected chi connectivity index (χ1v) is 6.27. The lowest BCUT2D eigenvalue weighted by atomic mass is 10.1. The number of benzene rings is 1. The highest BCUT2D eigenvalue weighted by atomic mass is 16.5. The molecule has 1 heterocycles. The molecule has 1 N–H and O–H groups in total. The fourth-order valence-electron chi connectivity index (χ4n) is 2.16. The van der Waals surface area contributed by atoms with E-state index in [9.17, 15) is 0 Å². The highest BCUT2D eigenvalue weighted by Gasteiger charge is 2.18. The lowest BCUT2D eigenvalue weighted by molar-refractivity contribution is 0.194. The van der Waals surface area contributed by atoms with Crippen molar-refractivity contribution in [3.63, 3.8) is 0 Å². The lowest BCUT2D eigenvalue weighted by Gasteiger charge is -2.06. The van der Waals surface area contributed by atoms with E-state index in [1.807, 2.05) is 0 Å². The van der Waals surface area contributed by atoms with E-state index in [1.165, 1.54) is 11.1 Å². The van der Waals surface area contributed by atoms with Crippen LogP contribution in [0.5, 0.6) is 5.75 Å². The molecule has 1 aliphatic rings. The van der Waals surface area contributed by atoms with E-state index in [4.69, 9.17) is 9.47 Å². The van der Waals surface area contributed by atoms with Gasteiger partial charge in [-0.1, -0.05) is 12.1 Å². The van der Waals surface area contributed by atoms with Crippen LogP contribution in [0.4, 0.5) is 0 Å². The number of rotatable bonds is 6. The van der Waals surface area contributed by atoms with Crippen molar-refractivity contribution < 1.29 is 9.47 Å². The van der Waals surface area contributed by atoms with Crippen LogP contribution in [0.2, 0.25) is 0 Å². The third kappa shape index (κ3) is 3.45. The second-order valence-electron chi connectivity index (χ2n) is 4.60. The Kier molecular flexibility index (Phi) is 4.40. The zero-order valence-electron chi connectivity index (χ0n) is 10.7. The fourth-order valence-corrected chi connectivity index (χ4v) is 2.16. The van der Waals surface area contributed by atoms with Crippen molar-refractivity contribution in [3.05, 3.63) is 29.3 Å². The van der Waals surface area contributed by atoms with E-state index >= 15 is 0 Å². The first-order valence-electron chi connectivity index (χ1n) is 6.27. The molecule has 0 saturated heterocycles. The molecule has 0 bridgehead atoms. The molecule has 1 aromatic carbocycles. The largest absolute Gasteiger partial charge is 0.490 e. The Morgan fingerprint density at radius 2 is 2.35 bits per heavy atom. The summed E-state index contributed by atoms with van der Waals surface area (Å²) >= 11 is 0. The third-order valence-corrected chi connectivity index (χ3v) is 2.99. The number of nitrogens with one attached hydrogen (secondary N) is 1. The maximum absolute atomic E-state index is 5.68. The molecule has 0 unspecified atom stereocenters. The summed E-state index contributed by atoms with van der Waals surface area (Å²) in [4.78, 5) is 0. The van der Waals surface area contributed by atoms with Gasteiger partial charge in [-0.25, -0.2) is 0 Å². The van der Waals surface area contributed by atoms with Gasteiger partial charge in [0.05, 0.1) is 0 Å². The van der Waals surface area contributed by atoms with Crippen LogP contribution in [0.25, 0.3) is 0 Å². The molecule has 94 valence electrons. The molecule has 1 atom stereocenters. The molecule has 17 heavy (non-hydrogen) atoms. The van der Waals surface area contributed by atoms with Crippen molar-refractivity contribution in [1.29, 1.82) is 0 Å². The summed E-state index contributed by atoms with van der Waals surface area (Å²) in [6.45, 7) is 4.86. The van der Waals surface area contributed by atoms with Gasteiger partial charge in [0.15, 0.2) is 0 Å². The fraction of sp³-hybridized carbons (Fsp3) is 0.571. The van der Waals surface area contributed by atoms with Crippen molar-refractivity contribution in [2.24, 2.45) is 0 Å². The van der Waals surface area contributed by atoms with Crippen LogP contribution in [-0.2, 0) is 17.7 Å². The quantitative estimate of drug-likeness (QED) is 0.766. The van der Waals surface area contributed by atoms with Gasteiger partial charge in [0, 0.05) is 26.7 Å². The lowest BCUT2D eigenvalue weighted by Crippen LogP contribution is -2.16. The maximum Gasteiger partial charge on any atom is 0.123 e. The van der Waals surface area contributed by atoms with E-state index in [2.05, 4.69) is 30.4 Å². The van der Waals surface area contributed by atoms with E-state index in [1.54, 1.807) is 7.11 Å². The number of fused-ring (bicyclic) bond motifs is 1. The Morgan fingerprint density at radius 1 is 1.47 bits per heavy atom. The highest BCUT2D eigenvalue weighted by molar-refractivity contribution is 5.40. The zero-order chi connectivity index (χ0) is 12.1. The number of hydrogen-bond acceptors (Lipinski definition) is 3. The van der Waals surface area contributed by atoms with Crippen LogP contribution in [-0.4, -0.2) is 26.4 Å². The van der Waals surface area contributed by atoms with Gasteiger partial charge in [-0.15, -0.1) is 0 Å². The first-order chi connectivity index (χ1) is 8.29. The number of methoxy groups -OCH3 is 1. The molecule has 1 aliphatic heterocycles. The zero-order valence-corrected chi connectivity index (χ0v) is 10.7. The van der Waals surface area contributed by atoms with E-state index in [-0.39, 0.29) is 0 Å². The van der Waals surface area contributed by atoms with E-state index in [0.717, 1.165) is 38.3 Å². The molecule has 3 heteroatoms. The van der Waals surface area contributed by atoms with Crippen LogP contribution < -0.4 is 10.1 Å². The molecule has 0 fully saturated rings. The van der Waals surface area contributed by atoms with Gasteiger partial charge in [0.25, 0.3) is 0 Å². The molecule has 3 nitrogen and oxygen atoms in total. The Morgan fingerprint density at radius 3 is 3.18 bits per heavy atom. The normalized spacial score (nSPS) is 17.9. The van der Waals surface area contributed by atoms with Crippen molar-refractivity contribution in [2.75, 3.05) is 20.3 Å². The SMILES string of the molecule is COCCCNCc1ccc2c(c1)C[C@H](C)O2. The summed E-state index contributed by atoms with van der Waals surface area (Å²) in [5, 5.41) is 3.42. The minimum Gasteiger partial charge on any atom is -0.490 e. The van der Waals surface area contributed by atoms with Crippen molar-refractivity contribution in [2.45, 2.75) is 32.4 Å². The molecule has 1 aromatic rings. The summed E-state index contributed by atoms with van der Waals surface area (Å²) in [5.41, 5.74) is 2.67. The van der Waals surface area contributed by atoms with E-state index in [0.29, 0.717) is 6.10 Å². The van der Waals surface area contributed by atoms with Crippen molar-refractivity contribution in [3.8, 4) is 5.75 Å². The monoisotopic (exact) mass is 235 g/mol. The second kappa shape index (κ2) is 6.03. The molecular weight excluding hydrogens is 214 g/mol. The van der Waals surface area contributed by atoms with Crippen LogP contribution >= 0.6 is 0 Å².